The summed E-state index contributed by atoms with van der Waals surface area (Å²) >= 11 is 0. The number of hydrogen-bond donors (Lipinski definition) is 1. The molecule has 0 spiro atoms. The second kappa shape index (κ2) is 6.28. The highest BCUT2D eigenvalue weighted by atomic mass is 16.6. The molecule has 0 aromatic carbocycles. The van der Waals surface area contributed by atoms with Gasteiger partial charge in [-0.25, -0.2) is 0 Å². The number of ketones is 1. The van der Waals surface area contributed by atoms with Crippen LogP contribution in [0, 0.1) is 29.6 Å². The van der Waals surface area contributed by atoms with Crippen LogP contribution < -0.4 is 0 Å². The molecule has 2 aliphatic rings. The molecule has 0 unspecified atom stereocenters. The molecule has 21 heavy (non-hydrogen) atoms. The Morgan fingerprint density at radius 2 is 2.14 bits per heavy atom. The van der Waals surface area contributed by atoms with Crippen LogP contribution >= 0.6 is 0 Å². The van der Waals surface area contributed by atoms with Crippen LogP contribution in [0.2, 0.25) is 0 Å². The van der Waals surface area contributed by atoms with Crippen molar-refractivity contribution >= 4 is 11.8 Å². The SMILES string of the molecule is C=C(C)[C@H]1CC(=O)[C@H](C)[C@H]1[C@@H]1OC(=O)[C@H](COC)[C@H]1CO. The van der Waals surface area contributed by atoms with Gasteiger partial charge >= 0.3 is 5.97 Å². The van der Waals surface area contributed by atoms with Crippen molar-refractivity contribution in [3.05, 3.63) is 12.2 Å². The maximum absolute atomic E-state index is 12.1. The van der Waals surface area contributed by atoms with Crippen molar-refractivity contribution in [2.45, 2.75) is 26.4 Å². The summed E-state index contributed by atoms with van der Waals surface area (Å²) in [5, 5.41) is 9.69. The minimum absolute atomic E-state index is 0.0145. The molecule has 5 nitrogen and oxygen atoms in total. The van der Waals surface area contributed by atoms with Gasteiger partial charge in [0.1, 0.15) is 11.9 Å². The summed E-state index contributed by atoms with van der Waals surface area (Å²) in [6, 6.07) is 0. The highest BCUT2D eigenvalue weighted by Gasteiger charge is 2.54. The molecule has 0 amide bonds. The number of methoxy groups -OCH3 is 1. The van der Waals surface area contributed by atoms with Gasteiger partial charge in [0, 0.05) is 31.3 Å². The van der Waals surface area contributed by atoms with E-state index in [4.69, 9.17) is 9.47 Å². The first-order valence-electron chi connectivity index (χ1n) is 7.40. The van der Waals surface area contributed by atoms with E-state index < -0.39 is 12.0 Å². The number of aliphatic hydroxyl groups is 1. The standard InChI is InChI=1S/C16H24O5/c1-8(2)10-5-13(18)9(3)14(10)15-11(6-17)12(7-20-4)16(19)21-15/h9-12,14-15,17H,1,5-7H2,2-4H3/t9-,10+,11+,12+,14+,15+/m0/s1. The normalized spacial score (nSPS) is 39.6. The van der Waals surface area contributed by atoms with Gasteiger partial charge in [-0.05, 0) is 12.8 Å². The van der Waals surface area contributed by atoms with Gasteiger partial charge in [-0.3, -0.25) is 9.59 Å². The lowest BCUT2D eigenvalue weighted by Crippen LogP contribution is -2.37. The number of Topliss-reactive ketones (excluding diaryl/α,β-unsaturated/α-hetero) is 1. The van der Waals surface area contributed by atoms with Gasteiger partial charge in [0.2, 0.25) is 0 Å². The largest absolute Gasteiger partial charge is 0.461 e. The van der Waals surface area contributed by atoms with Gasteiger partial charge in [-0.2, -0.15) is 0 Å². The number of aliphatic hydroxyl groups excluding tert-OH is 1. The molecule has 1 aliphatic heterocycles. The fourth-order valence-corrected chi connectivity index (χ4v) is 3.80. The van der Waals surface area contributed by atoms with E-state index in [9.17, 15) is 14.7 Å². The third-order valence-electron chi connectivity index (χ3n) is 5.03. The molecule has 118 valence electrons. The number of rotatable bonds is 5. The average molecular weight is 296 g/mol. The van der Waals surface area contributed by atoms with Crippen LogP contribution in [-0.2, 0) is 19.1 Å². The van der Waals surface area contributed by atoms with Gasteiger partial charge in [-0.1, -0.05) is 19.1 Å². The lowest BCUT2D eigenvalue weighted by molar-refractivity contribution is -0.148. The van der Waals surface area contributed by atoms with Gasteiger partial charge in [0.25, 0.3) is 0 Å². The fraction of sp³-hybridized carbons (Fsp3) is 0.750. The van der Waals surface area contributed by atoms with Crippen molar-refractivity contribution in [2.24, 2.45) is 29.6 Å². The van der Waals surface area contributed by atoms with Crippen LogP contribution in [0.4, 0.5) is 0 Å². The van der Waals surface area contributed by atoms with E-state index in [1.807, 2.05) is 13.8 Å². The van der Waals surface area contributed by atoms with E-state index in [0.29, 0.717) is 6.42 Å². The summed E-state index contributed by atoms with van der Waals surface area (Å²) < 4.78 is 10.6. The van der Waals surface area contributed by atoms with E-state index in [2.05, 4.69) is 6.58 Å². The molecule has 0 aromatic heterocycles. The Morgan fingerprint density at radius 3 is 2.67 bits per heavy atom. The van der Waals surface area contributed by atoms with E-state index in [-0.39, 0.29) is 48.6 Å². The van der Waals surface area contributed by atoms with Crippen molar-refractivity contribution in [1.82, 2.24) is 0 Å². The molecule has 6 atom stereocenters. The van der Waals surface area contributed by atoms with Crippen molar-refractivity contribution in [3.63, 3.8) is 0 Å². The van der Waals surface area contributed by atoms with E-state index in [0.717, 1.165) is 5.57 Å². The molecular formula is C16H24O5. The molecular weight excluding hydrogens is 272 g/mol. The predicted octanol–water partition coefficient (Wildman–Crippen LogP) is 1.20. The zero-order valence-electron chi connectivity index (χ0n) is 12.9. The number of carbonyl (C=O) groups excluding carboxylic acids is 2. The number of allylic oxidation sites excluding steroid dienone is 1. The monoisotopic (exact) mass is 296 g/mol. The molecule has 1 N–H and O–H groups in total. The van der Waals surface area contributed by atoms with Gasteiger partial charge in [0.05, 0.1) is 19.1 Å². The summed E-state index contributed by atoms with van der Waals surface area (Å²) in [6.07, 6.45) is 0.00766. The topological polar surface area (TPSA) is 72.8 Å². The molecule has 0 radical (unpaired) electrons. The number of ether oxygens (including phenoxy) is 2. The Kier molecular flexibility index (Phi) is 4.84. The second-order valence-corrected chi connectivity index (χ2v) is 6.30. The summed E-state index contributed by atoms with van der Waals surface area (Å²) in [7, 11) is 1.52. The van der Waals surface area contributed by atoms with Gasteiger partial charge in [-0.15, -0.1) is 0 Å². The third-order valence-corrected chi connectivity index (χ3v) is 5.03. The molecule has 2 fully saturated rings. The van der Waals surface area contributed by atoms with Crippen LogP contribution in [0.5, 0.6) is 0 Å². The molecule has 1 heterocycles. The van der Waals surface area contributed by atoms with Crippen LogP contribution in [0.1, 0.15) is 20.3 Å². The molecule has 2 rings (SSSR count). The molecule has 1 saturated heterocycles. The zero-order chi connectivity index (χ0) is 15.7. The first kappa shape index (κ1) is 16.2. The van der Waals surface area contributed by atoms with Crippen molar-refractivity contribution in [1.29, 1.82) is 0 Å². The van der Waals surface area contributed by atoms with Crippen LogP contribution in [0.15, 0.2) is 12.2 Å². The Hall–Kier alpha value is -1.20. The third kappa shape index (κ3) is 2.77. The average Bonchev–Trinajstić information content (AvgIpc) is 2.89. The highest BCUT2D eigenvalue weighted by Crippen LogP contribution is 2.46. The number of hydrogen-bond acceptors (Lipinski definition) is 5. The summed E-state index contributed by atoms with van der Waals surface area (Å²) in [6.45, 7) is 7.83. The molecule has 0 bridgehead atoms. The Labute approximate surface area is 125 Å². The fourth-order valence-electron chi connectivity index (χ4n) is 3.80. The predicted molar refractivity (Wildman–Crippen MR) is 76.4 cm³/mol. The number of carbonyl (C=O) groups is 2. The van der Waals surface area contributed by atoms with E-state index >= 15 is 0 Å². The van der Waals surface area contributed by atoms with Crippen LogP contribution in [0.25, 0.3) is 0 Å². The summed E-state index contributed by atoms with van der Waals surface area (Å²) in [4.78, 5) is 24.1. The van der Waals surface area contributed by atoms with Crippen LogP contribution in [0.3, 0.4) is 0 Å². The van der Waals surface area contributed by atoms with E-state index in [1.165, 1.54) is 7.11 Å². The minimum atomic E-state index is -0.460. The molecule has 1 aliphatic carbocycles. The van der Waals surface area contributed by atoms with Gasteiger partial charge < -0.3 is 14.6 Å². The number of esters is 1. The quantitative estimate of drug-likeness (QED) is 0.609. The maximum atomic E-state index is 12.1. The lowest BCUT2D eigenvalue weighted by Gasteiger charge is -2.30. The Bertz CT molecular complexity index is 444. The Morgan fingerprint density at radius 1 is 1.48 bits per heavy atom. The second-order valence-electron chi connectivity index (χ2n) is 6.30. The van der Waals surface area contributed by atoms with Crippen molar-refractivity contribution in [3.8, 4) is 0 Å². The molecule has 0 aromatic rings. The zero-order valence-corrected chi connectivity index (χ0v) is 12.9. The number of cyclic esters (lactones) is 1. The smallest absolute Gasteiger partial charge is 0.312 e. The van der Waals surface area contributed by atoms with Crippen molar-refractivity contribution in [2.75, 3.05) is 20.3 Å². The molecule has 1 saturated carbocycles. The molecule has 5 heteroatoms. The highest BCUT2D eigenvalue weighted by molar-refractivity contribution is 5.84. The van der Waals surface area contributed by atoms with Gasteiger partial charge in [0.15, 0.2) is 0 Å². The summed E-state index contributed by atoms with van der Waals surface area (Å²) in [5.74, 6) is -1.21. The maximum Gasteiger partial charge on any atom is 0.312 e. The van der Waals surface area contributed by atoms with E-state index in [1.54, 1.807) is 0 Å². The van der Waals surface area contributed by atoms with Crippen LogP contribution in [-0.4, -0.2) is 43.3 Å². The minimum Gasteiger partial charge on any atom is -0.461 e. The first-order valence-corrected chi connectivity index (χ1v) is 7.40. The Balaban J connectivity index is 2.28. The van der Waals surface area contributed by atoms with Crippen molar-refractivity contribution < 1.29 is 24.2 Å². The first-order chi connectivity index (χ1) is 9.92. The lowest BCUT2D eigenvalue weighted by atomic mass is 9.75. The summed E-state index contributed by atoms with van der Waals surface area (Å²) in [5.41, 5.74) is 0.931.